The van der Waals surface area contributed by atoms with E-state index in [-0.39, 0.29) is 17.7 Å². The van der Waals surface area contributed by atoms with Gasteiger partial charge in [0.05, 0.1) is 30.2 Å². The minimum atomic E-state index is -1.84. The van der Waals surface area contributed by atoms with Crippen molar-refractivity contribution < 1.29 is 9.47 Å². The fourth-order valence-electron chi connectivity index (χ4n) is 6.15. The van der Waals surface area contributed by atoms with Gasteiger partial charge in [-0.05, 0) is 42.7 Å². The van der Waals surface area contributed by atoms with Crippen LogP contribution in [-0.4, -0.2) is 12.0 Å². The average Bonchev–Trinajstić information content (AvgIpc) is 3.42. The second kappa shape index (κ2) is 6.08. The molecular weight excluding hydrogens is 400 g/mol. The first-order valence-corrected chi connectivity index (χ1v) is 10.4. The molecule has 1 aromatic carbocycles. The maximum atomic E-state index is 10.3. The van der Waals surface area contributed by atoms with Crippen LogP contribution in [0.3, 0.4) is 0 Å². The standard InChI is InChI=1S/C23H19ClN4O2/c1-13-22(12-27)20(28)30-23(13,16-4-6-17(24)7-5-16)29-19(21(22,10-25)11-26)18-9-14-2-3-15(18)8-14/h2-7,13-15,18-19,28H,8-9H2,1H3. The summed E-state index contributed by atoms with van der Waals surface area (Å²) in [4.78, 5) is 0. The number of benzene rings is 1. The third kappa shape index (κ3) is 1.98. The van der Waals surface area contributed by atoms with Crippen LogP contribution < -0.4 is 0 Å². The van der Waals surface area contributed by atoms with Gasteiger partial charge in [-0.3, -0.25) is 5.41 Å². The lowest BCUT2D eigenvalue weighted by atomic mass is 9.52. The minimum absolute atomic E-state index is 0.0966. The van der Waals surface area contributed by atoms with Crippen LogP contribution in [0.15, 0.2) is 36.4 Å². The van der Waals surface area contributed by atoms with Gasteiger partial charge in [0.25, 0.3) is 0 Å². The molecule has 4 bridgehead atoms. The number of hydrogen-bond acceptors (Lipinski definition) is 6. The molecule has 5 rings (SSSR count). The fourth-order valence-corrected chi connectivity index (χ4v) is 6.28. The smallest absolute Gasteiger partial charge is 0.243 e. The molecule has 2 aliphatic carbocycles. The minimum Gasteiger partial charge on any atom is -0.443 e. The first kappa shape index (κ1) is 19.1. The van der Waals surface area contributed by atoms with E-state index in [2.05, 4.69) is 30.4 Å². The first-order chi connectivity index (χ1) is 14.4. The van der Waals surface area contributed by atoms with Crippen molar-refractivity contribution in [1.82, 2.24) is 0 Å². The summed E-state index contributed by atoms with van der Waals surface area (Å²) in [6.45, 7) is 1.72. The van der Waals surface area contributed by atoms with Crippen LogP contribution in [0.25, 0.3) is 0 Å². The van der Waals surface area contributed by atoms with E-state index in [1.807, 2.05) is 0 Å². The largest absolute Gasteiger partial charge is 0.443 e. The molecule has 7 unspecified atom stereocenters. The average molecular weight is 419 g/mol. The zero-order chi connectivity index (χ0) is 21.3. The molecule has 4 aliphatic rings. The molecule has 1 N–H and O–H groups in total. The number of nitrogens with zero attached hydrogens (tertiary/aromatic N) is 3. The predicted molar refractivity (Wildman–Crippen MR) is 107 cm³/mol. The molecule has 0 amide bonds. The summed E-state index contributed by atoms with van der Waals surface area (Å²) in [5.74, 6) is -2.07. The molecule has 6 nitrogen and oxygen atoms in total. The van der Waals surface area contributed by atoms with Gasteiger partial charge in [0.1, 0.15) is 0 Å². The second-order valence-electron chi connectivity index (χ2n) is 8.76. The van der Waals surface area contributed by atoms with Gasteiger partial charge < -0.3 is 9.47 Å². The van der Waals surface area contributed by atoms with Crippen LogP contribution >= 0.6 is 11.6 Å². The number of halogens is 1. The van der Waals surface area contributed by atoms with Crippen molar-refractivity contribution in [2.75, 3.05) is 0 Å². The van der Waals surface area contributed by atoms with Crippen molar-refractivity contribution in [3.8, 4) is 18.2 Å². The lowest BCUT2D eigenvalue weighted by molar-refractivity contribution is -0.297. The lowest BCUT2D eigenvalue weighted by Crippen LogP contribution is -2.63. The molecule has 1 saturated carbocycles. The Kier molecular flexibility index (Phi) is 3.88. The van der Waals surface area contributed by atoms with E-state index in [1.165, 1.54) is 0 Å². The highest BCUT2D eigenvalue weighted by Crippen LogP contribution is 2.68. The Bertz CT molecular complexity index is 1080. The Morgan fingerprint density at radius 1 is 1.07 bits per heavy atom. The van der Waals surface area contributed by atoms with Crippen molar-refractivity contribution in [2.24, 2.45) is 34.5 Å². The summed E-state index contributed by atoms with van der Waals surface area (Å²) in [6.07, 6.45) is 5.19. The highest BCUT2D eigenvalue weighted by molar-refractivity contribution is 6.30. The van der Waals surface area contributed by atoms with Crippen molar-refractivity contribution in [3.63, 3.8) is 0 Å². The van der Waals surface area contributed by atoms with Gasteiger partial charge in [-0.25, -0.2) is 0 Å². The Labute approximate surface area is 179 Å². The van der Waals surface area contributed by atoms with Gasteiger partial charge in [0.15, 0.2) is 10.8 Å². The van der Waals surface area contributed by atoms with Gasteiger partial charge in [-0.2, -0.15) is 15.8 Å². The van der Waals surface area contributed by atoms with Crippen molar-refractivity contribution >= 4 is 17.5 Å². The Morgan fingerprint density at radius 2 is 1.77 bits per heavy atom. The summed E-state index contributed by atoms with van der Waals surface area (Å²) in [5.41, 5.74) is -2.95. The number of rotatable bonds is 2. The molecule has 0 radical (unpaired) electrons. The number of fused-ring (bicyclic) bond motifs is 4. The second-order valence-corrected chi connectivity index (χ2v) is 9.20. The summed E-state index contributed by atoms with van der Waals surface area (Å²) in [5, 5.41) is 40.1. The van der Waals surface area contributed by atoms with E-state index in [1.54, 1.807) is 31.2 Å². The van der Waals surface area contributed by atoms with E-state index in [9.17, 15) is 15.8 Å². The van der Waals surface area contributed by atoms with Gasteiger partial charge >= 0.3 is 0 Å². The molecule has 2 saturated heterocycles. The molecule has 3 fully saturated rings. The molecule has 1 aromatic rings. The molecule has 7 heteroatoms. The summed E-state index contributed by atoms with van der Waals surface area (Å²) in [6, 6.07) is 13.4. The highest BCUT2D eigenvalue weighted by atomic mass is 35.5. The van der Waals surface area contributed by atoms with Gasteiger partial charge in [0, 0.05) is 10.6 Å². The van der Waals surface area contributed by atoms with Gasteiger partial charge in [-0.15, -0.1) is 0 Å². The van der Waals surface area contributed by atoms with E-state index in [4.69, 9.17) is 26.5 Å². The molecule has 2 aliphatic heterocycles. The number of ether oxygens (including phenoxy) is 2. The SMILES string of the molecule is CC1C2(c3ccc(Cl)cc3)OC(=N)C1(C#N)C(C#N)(C#N)C(C1CC3C=CC1C3)O2. The number of nitriles is 3. The van der Waals surface area contributed by atoms with Gasteiger partial charge in [0.2, 0.25) is 11.7 Å². The fraction of sp³-hybridized carbons (Fsp3) is 0.478. The summed E-state index contributed by atoms with van der Waals surface area (Å²) >= 11 is 6.06. The number of nitrogens with one attached hydrogen (secondary N) is 1. The van der Waals surface area contributed by atoms with Crippen LogP contribution in [0.1, 0.15) is 25.3 Å². The zero-order valence-corrected chi connectivity index (χ0v) is 17.1. The van der Waals surface area contributed by atoms with Crippen molar-refractivity contribution in [3.05, 3.63) is 47.0 Å². The maximum absolute atomic E-state index is 10.3. The Hall–Kier alpha value is -2.85. The van der Waals surface area contributed by atoms with Crippen LogP contribution in [0.5, 0.6) is 0 Å². The van der Waals surface area contributed by atoms with Crippen LogP contribution in [0.4, 0.5) is 0 Å². The normalized spacial score (nSPS) is 42.2. The van der Waals surface area contributed by atoms with Gasteiger partial charge in [-0.1, -0.05) is 42.8 Å². The van der Waals surface area contributed by atoms with E-state index < -0.39 is 28.6 Å². The van der Waals surface area contributed by atoms with Crippen molar-refractivity contribution in [2.45, 2.75) is 31.7 Å². The topological polar surface area (TPSA) is 114 Å². The zero-order valence-electron chi connectivity index (χ0n) is 16.3. The quantitative estimate of drug-likeness (QED) is 0.719. The van der Waals surface area contributed by atoms with Crippen LogP contribution in [-0.2, 0) is 15.3 Å². The third-order valence-corrected chi connectivity index (χ3v) is 7.93. The molecule has 30 heavy (non-hydrogen) atoms. The van der Waals surface area contributed by atoms with E-state index in [0.717, 1.165) is 12.8 Å². The molecule has 150 valence electrons. The summed E-state index contributed by atoms with van der Waals surface area (Å²) < 4.78 is 12.6. The molecule has 2 heterocycles. The molecule has 7 atom stereocenters. The molecular formula is C23H19ClN4O2. The lowest BCUT2D eigenvalue weighted by Gasteiger charge is -2.51. The maximum Gasteiger partial charge on any atom is 0.243 e. The molecule has 0 spiro atoms. The van der Waals surface area contributed by atoms with Crippen molar-refractivity contribution in [1.29, 1.82) is 21.2 Å². The summed E-state index contributed by atoms with van der Waals surface area (Å²) in [7, 11) is 0. The predicted octanol–water partition coefficient (Wildman–Crippen LogP) is 4.29. The molecule has 0 aromatic heterocycles. The highest BCUT2D eigenvalue weighted by Gasteiger charge is 2.80. The van der Waals surface area contributed by atoms with E-state index >= 15 is 0 Å². The monoisotopic (exact) mass is 418 g/mol. The first-order valence-electron chi connectivity index (χ1n) is 10.0. The number of hydrogen-bond donors (Lipinski definition) is 1. The Balaban J connectivity index is 1.74. The van der Waals surface area contributed by atoms with Crippen LogP contribution in [0.2, 0.25) is 5.02 Å². The number of allylic oxidation sites excluding steroid dienone is 2. The Morgan fingerprint density at radius 3 is 2.30 bits per heavy atom. The van der Waals surface area contributed by atoms with Crippen LogP contribution in [0, 0.1) is 73.9 Å². The van der Waals surface area contributed by atoms with E-state index in [0.29, 0.717) is 16.5 Å². The third-order valence-electron chi connectivity index (χ3n) is 7.68.